The summed E-state index contributed by atoms with van der Waals surface area (Å²) in [5.41, 5.74) is 2.38. The summed E-state index contributed by atoms with van der Waals surface area (Å²) in [5.74, 6) is 0. The van der Waals surface area contributed by atoms with Crippen LogP contribution in [0.25, 0.3) is 0 Å². The summed E-state index contributed by atoms with van der Waals surface area (Å²) >= 11 is 1.82. The van der Waals surface area contributed by atoms with Gasteiger partial charge in [-0.1, -0.05) is 6.07 Å². The molecule has 0 saturated heterocycles. The first kappa shape index (κ1) is 12.3. The molecule has 0 radical (unpaired) electrons. The van der Waals surface area contributed by atoms with E-state index in [1.54, 1.807) is 0 Å². The third-order valence-electron chi connectivity index (χ3n) is 2.99. The Morgan fingerprint density at radius 3 is 2.82 bits per heavy atom. The maximum Gasteiger partial charge on any atom is 0.0596 e. The molecule has 0 aromatic carbocycles. The van der Waals surface area contributed by atoms with Crippen molar-refractivity contribution in [1.29, 1.82) is 0 Å². The zero-order chi connectivity index (χ0) is 12.3. The van der Waals surface area contributed by atoms with Crippen LogP contribution < -0.4 is 5.32 Å². The van der Waals surface area contributed by atoms with Crippen LogP contribution in [0.1, 0.15) is 16.3 Å². The van der Waals surface area contributed by atoms with Crippen molar-refractivity contribution in [2.75, 3.05) is 7.05 Å². The third kappa shape index (κ3) is 3.17. The van der Waals surface area contributed by atoms with Gasteiger partial charge in [-0.2, -0.15) is 5.10 Å². The first-order chi connectivity index (χ1) is 8.19. The topological polar surface area (TPSA) is 29.9 Å². The van der Waals surface area contributed by atoms with Crippen molar-refractivity contribution in [1.82, 2.24) is 15.1 Å². The van der Waals surface area contributed by atoms with Gasteiger partial charge < -0.3 is 5.32 Å². The number of nitrogens with one attached hydrogen (secondary N) is 1. The summed E-state index contributed by atoms with van der Waals surface area (Å²) in [5, 5.41) is 9.91. The van der Waals surface area contributed by atoms with Crippen LogP contribution in [0.2, 0.25) is 0 Å². The summed E-state index contributed by atoms with van der Waals surface area (Å²) in [6, 6.07) is 6.95. The molecule has 2 aromatic rings. The van der Waals surface area contributed by atoms with Gasteiger partial charge in [0.05, 0.1) is 5.69 Å². The monoisotopic (exact) mass is 249 g/mol. The number of aryl methyl sites for hydroxylation is 2. The van der Waals surface area contributed by atoms with Crippen LogP contribution in [-0.4, -0.2) is 22.9 Å². The minimum atomic E-state index is 0.475. The average molecular weight is 249 g/mol. The average Bonchev–Trinajstić information content (AvgIpc) is 2.88. The van der Waals surface area contributed by atoms with Crippen LogP contribution in [-0.2, 0) is 19.9 Å². The van der Waals surface area contributed by atoms with Crippen LogP contribution >= 0.6 is 11.3 Å². The van der Waals surface area contributed by atoms with Crippen molar-refractivity contribution in [3.63, 3.8) is 0 Å². The summed E-state index contributed by atoms with van der Waals surface area (Å²) in [6.45, 7) is 2.04. The number of hydrogen-bond donors (Lipinski definition) is 1. The predicted octanol–water partition coefficient (Wildman–Crippen LogP) is 2.16. The molecule has 2 aromatic heterocycles. The highest BCUT2D eigenvalue weighted by Crippen LogP contribution is 2.14. The molecule has 0 aliphatic carbocycles. The lowest BCUT2D eigenvalue weighted by Crippen LogP contribution is -2.30. The number of nitrogens with zero attached hydrogens (tertiary/aromatic N) is 2. The standard InChI is InChI=1S/C13H19N3S/c1-10-7-12(16(3)15-10)8-11(14-2)9-13-5-4-6-17-13/h4-7,11,14H,8-9H2,1-3H3. The normalized spacial score (nSPS) is 12.9. The van der Waals surface area contributed by atoms with Gasteiger partial charge in [-0.15, -0.1) is 11.3 Å². The quantitative estimate of drug-likeness (QED) is 0.880. The Morgan fingerprint density at radius 2 is 2.29 bits per heavy atom. The van der Waals surface area contributed by atoms with Crippen LogP contribution in [0.15, 0.2) is 23.6 Å². The number of rotatable bonds is 5. The van der Waals surface area contributed by atoms with Crippen molar-refractivity contribution in [3.05, 3.63) is 39.8 Å². The fraction of sp³-hybridized carbons (Fsp3) is 0.462. The third-order valence-corrected chi connectivity index (χ3v) is 3.89. The van der Waals surface area contributed by atoms with Gasteiger partial charge in [0.15, 0.2) is 0 Å². The number of likely N-dealkylation sites (N-methyl/N-ethyl adjacent to an activating group) is 1. The van der Waals surface area contributed by atoms with Gasteiger partial charge in [-0.3, -0.25) is 4.68 Å². The highest BCUT2D eigenvalue weighted by atomic mass is 32.1. The van der Waals surface area contributed by atoms with E-state index in [0.717, 1.165) is 18.5 Å². The molecule has 1 N–H and O–H groups in total. The summed E-state index contributed by atoms with van der Waals surface area (Å²) in [4.78, 5) is 1.43. The number of hydrogen-bond acceptors (Lipinski definition) is 3. The van der Waals surface area contributed by atoms with Gasteiger partial charge in [0.1, 0.15) is 0 Å². The second-order valence-electron chi connectivity index (χ2n) is 4.37. The molecule has 0 bridgehead atoms. The smallest absolute Gasteiger partial charge is 0.0596 e. The van der Waals surface area contributed by atoms with E-state index in [1.807, 2.05) is 37.0 Å². The zero-order valence-electron chi connectivity index (χ0n) is 10.6. The van der Waals surface area contributed by atoms with Crippen LogP contribution in [0.4, 0.5) is 0 Å². The Kier molecular flexibility index (Phi) is 3.97. The Morgan fingerprint density at radius 1 is 1.47 bits per heavy atom. The molecule has 92 valence electrons. The van der Waals surface area contributed by atoms with E-state index in [2.05, 4.69) is 34.0 Å². The molecule has 2 heterocycles. The van der Waals surface area contributed by atoms with Crippen molar-refractivity contribution in [3.8, 4) is 0 Å². The first-order valence-corrected chi connectivity index (χ1v) is 6.76. The van der Waals surface area contributed by atoms with E-state index < -0.39 is 0 Å². The van der Waals surface area contributed by atoms with E-state index in [9.17, 15) is 0 Å². The molecule has 1 atom stereocenters. The van der Waals surface area contributed by atoms with Crippen molar-refractivity contribution >= 4 is 11.3 Å². The molecule has 0 aliphatic rings. The molecule has 0 fully saturated rings. The van der Waals surface area contributed by atoms with Crippen LogP contribution in [0.3, 0.4) is 0 Å². The molecule has 0 amide bonds. The number of aromatic nitrogens is 2. The van der Waals surface area contributed by atoms with Crippen molar-refractivity contribution in [2.24, 2.45) is 7.05 Å². The fourth-order valence-corrected chi connectivity index (χ4v) is 2.84. The van der Waals surface area contributed by atoms with Gasteiger partial charge in [0.25, 0.3) is 0 Å². The van der Waals surface area contributed by atoms with Crippen LogP contribution in [0.5, 0.6) is 0 Å². The number of thiophene rings is 1. The van der Waals surface area contributed by atoms with Gasteiger partial charge in [0, 0.05) is 30.1 Å². The molecule has 3 nitrogen and oxygen atoms in total. The minimum absolute atomic E-state index is 0.475. The van der Waals surface area contributed by atoms with Gasteiger partial charge in [-0.05, 0) is 37.9 Å². The molecular weight excluding hydrogens is 230 g/mol. The highest BCUT2D eigenvalue weighted by Gasteiger charge is 2.12. The second-order valence-corrected chi connectivity index (χ2v) is 5.41. The van der Waals surface area contributed by atoms with Gasteiger partial charge in [0.2, 0.25) is 0 Å². The maximum atomic E-state index is 4.39. The minimum Gasteiger partial charge on any atom is -0.316 e. The van der Waals surface area contributed by atoms with E-state index in [4.69, 9.17) is 0 Å². The lowest BCUT2D eigenvalue weighted by atomic mass is 10.1. The summed E-state index contributed by atoms with van der Waals surface area (Å²) < 4.78 is 1.98. The largest absolute Gasteiger partial charge is 0.316 e. The van der Waals surface area contributed by atoms with Crippen LogP contribution in [0, 0.1) is 6.92 Å². The van der Waals surface area contributed by atoms with Crippen molar-refractivity contribution < 1.29 is 0 Å². The molecular formula is C13H19N3S. The van der Waals surface area contributed by atoms with E-state index >= 15 is 0 Å². The molecule has 4 heteroatoms. The SMILES string of the molecule is CNC(Cc1cccs1)Cc1cc(C)nn1C. The Hall–Kier alpha value is -1.13. The van der Waals surface area contributed by atoms with Crippen molar-refractivity contribution in [2.45, 2.75) is 25.8 Å². The van der Waals surface area contributed by atoms with E-state index in [0.29, 0.717) is 6.04 Å². The van der Waals surface area contributed by atoms with E-state index in [1.165, 1.54) is 10.6 Å². The molecule has 0 saturated carbocycles. The summed E-state index contributed by atoms with van der Waals surface area (Å²) in [7, 11) is 4.04. The Balaban J connectivity index is 2.02. The van der Waals surface area contributed by atoms with Gasteiger partial charge >= 0.3 is 0 Å². The lowest BCUT2D eigenvalue weighted by molar-refractivity contribution is 0.536. The predicted molar refractivity (Wildman–Crippen MR) is 72.5 cm³/mol. The molecule has 0 aliphatic heterocycles. The maximum absolute atomic E-state index is 4.39. The Bertz CT molecular complexity index is 459. The highest BCUT2D eigenvalue weighted by molar-refractivity contribution is 7.09. The fourth-order valence-electron chi connectivity index (χ4n) is 2.06. The molecule has 17 heavy (non-hydrogen) atoms. The molecule has 2 rings (SSSR count). The molecule has 1 unspecified atom stereocenters. The molecule has 0 spiro atoms. The van der Waals surface area contributed by atoms with E-state index in [-0.39, 0.29) is 0 Å². The summed E-state index contributed by atoms with van der Waals surface area (Å²) in [6.07, 6.45) is 2.10. The first-order valence-electron chi connectivity index (χ1n) is 5.88. The van der Waals surface area contributed by atoms with Gasteiger partial charge in [-0.25, -0.2) is 0 Å². The second kappa shape index (κ2) is 5.47. The zero-order valence-corrected chi connectivity index (χ0v) is 11.4. The lowest BCUT2D eigenvalue weighted by Gasteiger charge is -2.15. The Labute approximate surface area is 106 Å².